The van der Waals surface area contributed by atoms with Gasteiger partial charge in [-0.25, -0.2) is 0 Å². The molecule has 0 amide bonds. The van der Waals surface area contributed by atoms with E-state index in [2.05, 4.69) is 23.1 Å². The highest BCUT2D eigenvalue weighted by Gasteiger charge is 2.12. The van der Waals surface area contributed by atoms with Gasteiger partial charge in [0.05, 0.1) is 5.54 Å². The summed E-state index contributed by atoms with van der Waals surface area (Å²) in [5.41, 5.74) is 1.79. The van der Waals surface area contributed by atoms with Crippen molar-refractivity contribution in [3.8, 4) is 12.3 Å². The summed E-state index contributed by atoms with van der Waals surface area (Å²) in [5.74, 6) is 2.70. The predicted molar refractivity (Wildman–Crippen MR) is 60.1 cm³/mol. The number of hydrogen-bond acceptors (Lipinski definition) is 2. The first-order chi connectivity index (χ1) is 6.57. The van der Waals surface area contributed by atoms with Gasteiger partial charge in [0.2, 0.25) is 0 Å². The molecule has 14 heavy (non-hydrogen) atoms. The van der Waals surface area contributed by atoms with Gasteiger partial charge in [0.25, 0.3) is 0 Å². The van der Waals surface area contributed by atoms with Crippen molar-refractivity contribution in [3.05, 3.63) is 24.0 Å². The topological polar surface area (TPSA) is 24.9 Å². The molecule has 0 saturated heterocycles. The van der Waals surface area contributed by atoms with Crippen LogP contribution in [0.4, 0.5) is 5.69 Å². The molecule has 0 aliphatic heterocycles. The third-order valence-electron chi connectivity index (χ3n) is 2.00. The highest BCUT2D eigenvalue weighted by molar-refractivity contribution is 5.47. The normalized spacial score (nSPS) is 10.7. The summed E-state index contributed by atoms with van der Waals surface area (Å²) >= 11 is 0. The molecule has 0 unspecified atom stereocenters. The van der Waals surface area contributed by atoms with Gasteiger partial charge in [0.15, 0.2) is 0 Å². The standard InChI is InChI=1S/C12H16N2/c1-5-10-9-11(7-8-13-10)14-12(3,4)6-2/h2,7-9H,5H2,1,3-4H3,(H,13,14). The summed E-state index contributed by atoms with van der Waals surface area (Å²) in [6.45, 7) is 6.02. The molecule has 1 aromatic heterocycles. The Kier molecular flexibility index (Phi) is 3.14. The largest absolute Gasteiger partial charge is 0.369 e. The summed E-state index contributed by atoms with van der Waals surface area (Å²) in [6.07, 6.45) is 8.13. The number of nitrogens with zero attached hydrogens (tertiary/aromatic N) is 1. The molecule has 0 aromatic carbocycles. The fourth-order valence-electron chi connectivity index (χ4n) is 1.15. The Balaban J connectivity index is 2.83. The molecule has 0 radical (unpaired) electrons. The van der Waals surface area contributed by atoms with E-state index in [1.165, 1.54) is 0 Å². The molecule has 1 heterocycles. The zero-order valence-electron chi connectivity index (χ0n) is 8.96. The number of rotatable bonds is 3. The number of nitrogens with one attached hydrogen (secondary N) is 1. The molecule has 1 N–H and O–H groups in total. The second-order valence-electron chi connectivity index (χ2n) is 3.78. The fraction of sp³-hybridized carbons (Fsp3) is 0.417. The minimum Gasteiger partial charge on any atom is -0.369 e. The van der Waals surface area contributed by atoms with Crippen molar-refractivity contribution < 1.29 is 0 Å². The molecule has 0 aliphatic carbocycles. The average molecular weight is 188 g/mol. The monoisotopic (exact) mass is 188 g/mol. The van der Waals surface area contributed by atoms with Gasteiger partial charge >= 0.3 is 0 Å². The van der Waals surface area contributed by atoms with Crippen LogP contribution in [0.1, 0.15) is 26.5 Å². The van der Waals surface area contributed by atoms with Crippen LogP contribution in [0.15, 0.2) is 18.3 Å². The Hall–Kier alpha value is -1.49. The van der Waals surface area contributed by atoms with Crippen LogP contribution in [-0.4, -0.2) is 10.5 Å². The minimum absolute atomic E-state index is 0.313. The van der Waals surface area contributed by atoms with Gasteiger partial charge in [-0.1, -0.05) is 12.8 Å². The first-order valence-electron chi connectivity index (χ1n) is 4.78. The van der Waals surface area contributed by atoms with Gasteiger partial charge in [-0.2, -0.15) is 0 Å². The maximum atomic E-state index is 5.40. The molecule has 2 nitrogen and oxygen atoms in total. The number of anilines is 1. The van der Waals surface area contributed by atoms with Crippen LogP contribution in [0, 0.1) is 12.3 Å². The van der Waals surface area contributed by atoms with Gasteiger partial charge in [0.1, 0.15) is 0 Å². The number of hydrogen-bond donors (Lipinski definition) is 1. The molecule has 2 heteroatoms. The van der Waals surface area contributed by atoms with Crippen LogP contribution in [0.3, 0.4) is 0 Å². The van der Waals surface area contributed by atoms with Crippen molar-refractivity contribution in [3.63, 3.8) is 0 Å². The zero-order valence-corrected chi connectivity index (χ0v) is 8.96. The van der Waals surface area contributed by atoms with E-state index in [1.54, 1.807) is 6.20 Å². The molecule has 0 saturated carbocycles. The molecule has 0 spiro atoms. The summed E-state index contributed by atoms with van der Waals surface area (Å²) < 4.78 is 0. The van der Waals surface area contributed by atoms with Crippen LogP contribution in [0.2, 0.25) is 0 Å². The first kappa shape index (κ1) is 10.6. The Bertz CT molecular complexity index is 348. The van der Waals surface area contributed by atoms with Crippen LogP contribution >= 0.6 is 0 Å². The van der Waals surface area contributed by atoms with Crippen LogP contribution in [0.5, 0.6) is 0 Å². The molecule has 0 bridgehead atoms. The lowest BCUT2D eigenvalue weighted by atomic mass is 10.1. The lowest BCUT2D eigenvalue weighted by Crippen LogP contribution is -2.28. The van der Waals surface area contributed by atoms with E-state index in [1.807, 2.05) is 26.0 Å². The van der Waals surface area contributed by atoms with Crippen LogP contribution in [0.25, 0.3) is 0 Å². The summed E-state index contributed by atoms with van der Waals surface area (Å²) in [5, 5.41) is 3.27. The molecule has 0 atom stereocenters. The van der Waals surface area contributed by atoms with E-state index >= 15 is 0 Å². The lowest BCUT2D eigenvalue weighted by Gasteiger charge is -2.21. The molecule has 0 fully saturated rings. The average Bonchev–Trinajstić information content (AvgIpc) is 2.17. The molecule has 1 aromatic rings. The second kappa shape index (κ2) is 4.15. The van der Waals surface area contributed by atoms with Crippen molar-refractivity contribution in [2.45, 2.75) is 32.7 Å². The molecule has 74 valence electrons. The third-order valence-corrected chi connectivity index (χ3v) is 2.00. The highest BCUT2D eigenvalue weighted by atomic mass is 15.0. The van der Waals surface area contributed by atoms with Crippen LogP contribution in [-0.2, 0) is 6.42 Å². The SMILES string of the molecule is C#CC(C)(C)Nc1ccnc(CC)c1. The highest BCUT2D eigenvalue weighted by Crippen LogP contribution is 2.14. The van der Waals surface area contributed by atoms with Crippen molar-refractivity contribution in [1.82, 2.24) is 4.98 Å². The van der Waals surface area contributed by atoms with Gasteiger partial charge < -0.3 is 5.32 Å². The van der Waals surface area contributed by atoms with Gasteiger partial charge in [-0.05, 0) is 32.4 Å². The van der Waals surface area contributed by atoms with E-state index in [4.69, 9.17) is 6.42 Å². The van der Waals surface area contributed by atoms with E-state index in [0.717, 1.165) is 17.8 Å². The van der Waals surface area contributed by atoms with Crippen molar-refractivity contribution in [1.29, 1.82) is 0 Å². The Labute approximate surface area is 85.8 Å². The quantitative estimate of drug-likeness (QED) is 0.737. The summed E-state index contributed by atoms with van der Waals surface area (Å²) in [6, 6.07) is 3.96. The van der Waals surface area contributed by atoms with Gasteiger partial charge in [-0.3, -0.25) is 4.98 Å². The number of terminal acetylenes is 1. The number of pyridine rings is 1. The van der Waals surface area contributed by atoms with Crippen molar-refractivity contribution >= 4 is 5.69 Å². The number of aromatic nitrogens is 1. The number of aryl methyl sites for hydroxylation is 1. The summed E-state index contributed by atoms with van der Waals surface area (Å²) in [4.78, 5) is 4.22. The van der Waals surface area contributed by atoms with E-state index in [-0.39, 0.29) is 5.54 Å². The molecular formula is C12H16N2. The smallest absolute Gasteiger partial charge is 0.0927 e. The van der Waals surface area contributed by atoms with Crippen molar-refractivity contribution in [2.75, 3.05) is 5.32 Å². The van der Waals surface area contributed by atoms with E-state index in [0.29, 0.717) is 0 Å². The maximum absolute atomic E-state index is 5.40. The fourth-order valence-corrected chi connectivity index (χ4v) is 1.15. The molecule has 0 aliphatic rings. The Morgan fingerprint density at radius 1 is 1.57 bits per heavy atom. The van der Waals surface area contributed by atoms with E-state index < -0.39 is 0 Å². The minimum atomic E-state index is -0.313. The van der Waals surface area contributed by atoms with Gasteiger partial charge in [-0.15, -0.1) is 6.42 Å². The molecule has 1 rings (SSSR count). The third kappa shape index (κ3) is 2.77. The summed E-state index contributed by atoms with van der Waals surface area (Å²) in [7, 11) is 0. The first-order valence-corrected chi connectivity index (χ1v) is 4.78. The lowest BCUT2D eigenvalue weighted by molar-refractivity contribution is 0.741. The Morgan fingerprint density at radius 2 is 2.29 bits per heavy atom. The predicted octanol–water partition coefficient (Wildman–Crippen LogP) is 2.47. The molecular weight excluding hydrogens is 172 g/mol. The zero-order chi connectivity index (χ0) is 10.6. The Morgan fingerprint density at radius 3 is 2.86 bits per heavy atom. The van der Waals surface area contributed by atoms with Gasteiger partial charge in [0, 0.05) is 17.6 Å². The van der Waals surface area contributed by atoms with Crippen molar-refractivity contribution in [2.24, 2.45) is 0 Å². The second-order valence-corrected chi connectivity index (χ2v) is 3.78. The van der Waals surface area contributed by atoms with E-state index in [9.17, 15) is 0 Å². The maximum Gasteiger partial charge on any atom is 0.0927 e. The van der Waals surface area contributed by atoms with Crippen LogP contribution < -0.4 is 5.32 Å².